The Labute approximate surface area is 130 Å². The van der Waals surface area contributed by atoms with Crippen molar-refractivity contribution >= 4 is 0 Å². The standard InChI is InChI=1S/C16H24N2O4/c1-15(2,3)12-10-13(18-21-12)20-8-7-16(4,5)11-9-14(19-6)22-17-11/h9-10H,7-8H2,1-6H3. The van der Waals surface area contributed by atoms with Gasteiger partial charge < -0.3 is 18.5 Å². The molecule has 0 N–H and O–H groups in total. The van der Waals surface area contributed by atoms with Crippen molar-refractivity contribution in [1.82, 2.24) is 10.3 Å². The lowest BCUT2D eigenvalue weighted by Crippen LogP contribution is -2.21. The lowest BCUT2D eigenvalue weighted by atomic mass is 9.86. The van der Waals surface area contributed by atoms with Crippen molar-refractivity contribution in [2.45, 2.75) is 51.9 Å². The van der Waals surface area contributed by atoms with Gasteiger partial charge in [0, 0.05) is 23.0 Å². The fraction of sp³-hybridized carbons (Fsp3) is 0.625. The van der Waals surface area contributed by atoms with E-state index < -0.39 is 0 Å². The molecule has 0 aliphatic rings. The van der Waals surface area contributed by atoms with Crippen molar-refractivity contribution in [2.24, 2.45) is 0 Å². The monoisotopic (exact) mass is 308 g/mol. The van der Waals surface area contributed by atoms with Gasteiger partial charge in [0.15, 0.2) is 0 Å². The Hall–Kier alpha value is -1.98. The fourth-order valence-electron chi connectivity index (χ4n) is 1.89. The maximum atomic E-state index is 5.68. The molecular formula is C16H24N2O4. The average molecular weight is 308 g/mol. The highest BCUT2D eigenvalue weighted by molar-refractivity contribution is 5.19. The minimum absolute atomic E-state index is 0.0782. The normalized spacial score (nSPS) is 12.5. The third-order valence-corrected chi connectivity index (χ3v) is 3.59. The van der Waals surface area contributed by atoms with Gasteiger partial charge in [-0.3, -0.25) is 0 Å². The number of ether oxygens (including phenoxy) is 2. The van der Waals surface area contributed by atoms with Crippen LogP contribution in [0.3, 0.4) is 0 Å². The Morgan fingerprint density at radius 1 is 1.05 bits per heavy atom. The third kappa shape index (κ3) is 3.81. The van der Waals surface area contributed by atoms with Gasteiger partial charge in [0.1, 0.15) is 5.76 Å². The van der Waals surface area contributed by atoms with Crippen LogP contribution in [0.1, 0.15) is 52.5 Å². The third-order valence-electron chi connectivity index (χ3n) is 3.59. The summed E-state index contributed by atoms with van der Waals surface area (Å²) in [5, 5.41) is 7.97. The van der Waals surface area contributed by atoms with Crippen LogP contribution in [0.4, 0.5) is 0 Å². The largest absolute Gasteiger partial charge is 0.475 e. The minimum atomic E-state index is -0.184. The summed E-state index contributed by atoms with van der Waals surface area (Å²) < 4.78 is 21.1. The van der Waals surface area contributed by atoms with E-state index in [2.05, 4.69) is 44.9 Å². The fourth-order valence-corrected chi connectivity index (χ4v) is 1.89. The molecule has 6 nitrogen and oxygen atoms in total. The highest BCUT2D eigenvalue weighted by atomic mass is 16.6. The van der Waals surface area contributed by atoms with Crippen LogP contribution in [0.25, 0.3) is 0 Å². The SMILES string of the molecule is COc1cc(C(C)(C)CCOc2cc(C(C)(C)C)on2)no1. The zero-order valence-electron chi connectivity index (χ0n) is 14.1. The second-order valence-electron chi connectivity index (χ2n) is 7.00. The van der Waals surface area contributed by atoms with Crippen LogP contribution in [0.5, 0.6) is 11.8 Å². The van der Waals surface area contributed by atoms with Crippen molar-refractivity contribution in [1.29, 1.82) is 0 Å². The molecular weight excluding hydrogens is 284 g/mol. The maximum Gasteiger partial charge on any atom is 0.311 e. The molecule has 0 bridgehead atoms. The molecule has 0 radical (unpaired) electrons. The summed E-state index contributed by atoms with van der Waals surface area (Å²) in [7, 11) is 1.55. The second kappa shape index (κ2) is 6.02. The molecule has 0 fully saturated rings. The molecule has 0 saturated carbocycles. The molecule has 2 aromatic heterocycles. The summed E-state index contributed by atoms with van der Waals surface area (Å²) in [4.78, 5) is 0. The van der Waals surface area contributed by atoms with E-state index in [4.69, 9.17) is 18.5 Å². The molecule has 2 aromatic rings. The van der Waals surface area contributed by atoms with Crippen LogP contribution in [-0.2, 0) is 10.8 Å². The van der Waals surface area contributed by atoms with Crippen LogP contribution in [0, 0.1) is 0 Å². The Morgan fingerprint density at radius 2 is 1.77 bits per heavy atom. The predicted molar refractivity (Wildman–Crippen MR) is 81.4 cm³/mol. The van der Waals surface area contributed by atoms with E-state index in [1.54, 1.807) is 13.2 Å². The lowest BCUT2D eigenvalue weighted by molar-refractivity contribution is 0.234. The quantitative estimate of drug-likeness (QED) is 0.810. The van der Waals surface area contributed by atoms with Crippen molar-refractivity contribution in [2.75, 3.05) is 13.7 Å². The van der Waals surface area contributed by atoms with Crippen molar-refractivity contribution in [3.05, 3.63) is 23.6 Å². The number of aromatic nitrogens is 2. The van der Waals surface area contributed by atoms with Gasteiger partial charge in [-0.15, -0.1) is 0 Å². The Morgan fingerprint density at radius 3 is 2.32 bits per heavy atom. The van der Waals surface area contributed by atoms with Gasteiger partial charge in [-0.25, -0.2) is 0 Å². The van der Waals surface area contributed by atoms with Crippen molar-refractivity contribution < 1.29 is 18.5 Å². The molecule has 2 heterocycles. The van der Waals surface area contributed by atoms with E-state index in [1.165, 1.54) is 0 Å². The number of hydrogen-bond donors (Lipinski definition) is 0. The first-order chi connectivity index (χ1) is 10.2. The number of rotatable bonds is 6. The molecule has 0 spiro atoms. The van der Waals surface area contributed by atoms with E-state index in [1.807, 2.05) is 6.07 Å². The first kappa shape index (κ1) is 16.4. The summed E-state index contributed by atoms with van der Waals surface area (Å²) in [5.74, 6) is 1.73. The first-order valence-corrected chi connectivity index (χ1v) is 7.33. The van der Waals surface area contributed by atoms with Crippen molar-refractivity contribution in [3.8, 4) is 11.8 Å². The smallest absolute Gasteiger partial charge is 0.311 e. The van der Waals surface area contributed by atoms with Gasteiger partial charge in [0.25, 0.3) is 5.88 Å². The summed E-state index contributed by atoms with van der Waals surface area (Å²) in [5.41, 5.74) is 0.575. The predicted octanol–water partition coefficient (Wildman–Crippen LogP) is 3.72. The highest BCUT2D eigenvalue weighted by Gasteiger charge is 2.26. The van der Waals surface area contributed by atoms with Crippen molar-refractivity contribution in [3.63, 3.8) is 0 Å². The van der Waals surface area contributed by atoms with Gasteiger partial charge in [0.2, 0.25) is 0 Å². The van der Waals surface area contributed by atoms with E-state index in [0.717, 1.165) is 17.9 Å². The van der Waals surface area contributed by atoms with Gasteiger partial charge in [0.05, 0.1) is 19.4 Å². The summed E-state index contributed by atoms with van der Waals surface area (Å²) in [6, 6.07) is 3.64. The molecule has 122 valence electrons. The van der Waals surface area contributed by atoms with E-state index in [9.17, 15) is 0 Å². The number of methoxy groups -OCH3 is 1. The minimum Gasteiger partial charge on any atom is -0.475 e. The molecule has 0 amide bonds. The summed E-state index contributed by atoms with van der Waals surface area (Å²) in [6.45, 7) is 10.9. The first-order valence-electron chi connectivity index (χ1n) is 7.33. The van der Waals surface area contributed by atoms with Crippen LogP contribution in [0.15, 0.2) is 21.2 Å². The molecule has 6 heteroatoms. The maximum absolute atomic E-state index is 5.68. The lowest BCUT2D eigenvalue weighted by Gasteiger charge is -2.20. The van der Waals surface area contributed by atoms with Crippen LogP contribution in [-0.4, -0.2) is 24.0 Å². The van der Waals surface area contributed by atoms with E-state index >= 15 is 0 Å². The van der Waals surface area contributed by atoms with E-state index in [-0.39, 0.29) is 10.8 Å². The van der Waals surface area contributed by atoms with Gasteiger partial charge in [-0.1, -0.05) is 39.8 Å². The van der Waals surface area contributed by atoms with Gasteiger partial charge in [-0.05, 0) is 11.6 Å². The molecule has 2 rings (SSSR count). The molecule has 0 aromatic carbocycles. The second-order valence-corrected chi connectivity index (χ2v) is 7.00. The Kier molecular flexibility index (Phi) is 4.49. The van der Waals surface area contributed by atoms with Gasteiger partial charge >= 0.3 is 5.95 Å². The highest BCUT2D eigenvalue weighted by Crippen LogP contribution is 2.29. The topological polar surface area (TPSA) is 70.5 Å². The van der Waals surface area contributed by atoms with Gasteiger partial charge in [-0.2, -0.15) is 0 Å². The molecule has 0 aliphatic carbocycles. The zero-order chi connectivity index (χ0) is 16.4. The summed E-state index contributed by atoms with van der Waals surface area (Å²) in [6.07, 6.45) is 0.764. The summed E-state index contributed by atoms with van der Waals surface area (Å²) >= 11 is 0. The molecule has 0 aliphatic heterocycles. The van der Waals surface area contributed by atoms with E-state index in [0.29, 0.717) is 18.4 Å². The van der Waals surface area contributed by atoms with Crippen LogP contribution < -0.4 is 9.47 Å². The molecule has 22 heavy (non-hydrogen) atoms. The number of nitrogens with zero attached hydrogens (tertiary/aromatic N) is 2. The molecule has 0 saturated heterocycles. The molecule has 0 atom stereocenters. The number of hydrogen-bond acceptors (Lipinski definition) is 6. The zero-order valence-corrected chi connectivity index (χ0v) is 14.1. The Bertz CT molecular complexity index is 608. The Balaban J connectivity index is 1.91. The molecule has 0 unspecified atom stereocenters. The van der Waals surface area contributed by atoms with Crippen LogP contribution >= 0.6 is 0 Å². The van der Waals surface area contributed by atoms with Crippen LogP contribution in [0.2, 0.25) is 0 Å². The average Bonchev–Trinajstić information content (AvgIpc) is 3.06.